The van der Waals surface area contributed by atoms with Crippen LogP contribution in [0.3, 0.4) is 0 Å². The molecule has 1 aromatic rings. The topological polar surface area (TPSA) is 75.5 Å². The van der Waals surface area contributed by atoms with Crippen LogP contribution in [-0.4, -0.2) is 28.9 Å². The van der Waals surface area contributed by atoms with E-state index in [0.29, 0.717) is 23.1 Å². The van der Waals surface area contributed by atoms with E-state index in [0.717, 1.165) is 19.5 Å². The number of hydrogen-bond donors (Lipinski definition) is 1. The number of anilines is 1. The summed E-state index contributed by atoms with van der Waals surface area (Å²) in [5.41, 5.74) is 1.35. The van der Waals surface area contributed by atoms with Crippen LogP contribution in [-0.2, 0) is 0 Å². The summed E-state index contributed by atoms with van der Waals surface area (Å²) in [6.07, 6.45) is 1.14. The standard InChI is InChI=1S/C15H21N3O3/c1-10-6-11(2)9-17(8-10)15(19)16-14-5-4-13(18(20)21)7-12(14)3/h4-5,7,10-11H,6,8-9H2,1-3H3,(H,16,19)/t10-,11-/m0/s1. The molecule has 1 aliphatic rings. The fraction of sp³-hybridized carbons (Fsp3) is 0.533. The number of hydrogen-bond acceptors (Lipinski definition) is 3. The molecule has 1 aromatic carbocycles. The second-order valence-electron chi connectivity index (χ2n) is 6.04. The number of nitrogens with one attached hydrogen (secondary N) is 1. The van der Waals surface area contributed by atoms with Gasteiger partial charge in [0.2, 0.25) is 0 Å². The van der Waals surface area contributed by atoms with Crippen molar-refractivity contribution in [1.82, 2.24) is 4.90 Å². The van der Waals surface area contributed by atoms with Crippen molar-refractivity contribution in [1.29, 1.82) is 0 Å². The predicted octanol–water partition coefficient (Wildman–Crippen LogP) is 3.41. The molecule has 1 fully saturated rings. The number of nitro benzene ring substituents is 1. The molecule has 0 spiro atoms. The Morgan fingerprint density at radius 2 is 1.95 bits per heavy atom. The molecule has 6 heteroatoms. The molecule has 0 aromatic heterocycles. The van der Waals surface area contributed by atoms with E-state index in [1.807, 2.05) is 4.90 Å². The Hall–Kier alpha value is -2.11. The quantitative estimate of drug-likeness (QED) is 0.670. The number of benzene rings is 1. The van der Waals surface area contributed by atoms with Gasteiger partial charge in [-0.3, -0.25) is 10.1 Å². The normalized spacial score (nSPS) is 22.0. The van der Waals surface area contributed by atoms with Crippen molar-refractivity contribution in [3.63, 3.8) is 0 Å². The summed E-state index contributed by atoms with van der Waals surface area (Å²) in [6, 6.07) is 4.33. The molecule has 0 radical (unpaired) electrons. The molecule has 0 saturated carbocycles. The summed E-state index contributed by atoms with van der Waals surface area (Å²) in [7, 11) is 0. The summed E-state index contributed by atoms with van der Waals surface area (Å²) < 4.78 is 0. The van der Waals surface area contributed by atoms with E-state index in [-0.39, 0.29) is 11.7 Å². The largest absolute Gasteiger partial charge is 0.324 e. The highest BCUT2D eigenvalue weighted by Crippen LogP contribution is 2.24. The van der Waals surface area contributed by atoms with E-state index >= 15 is 0 Å². The lowest BCUT2D eigenvalue weighted by molar-refractivity contribution is -0.384. The number of rotatable bonds is 2. The summed E-state index contributed by atoms with van der Waals surface area (Å²) >= 11 is 0. The fourth-order valence-electron chi connectivity index (χ4n) is 2.92. The number of non-ortho nitro benzene ring substituents is 1. The zero-order valence-electron chi connectivity index (χ0n) is 12.6. The third-order valence-corrected chi connectivity index (χ3v) is 3.82. The van der Waals surface area contributed by atoms with Crippen molar-refractivity contribution in [3.05, 3.63) is 33.9 Å². The molecule has 1 heterocycles. The van der Waals surface area contributed by atoms with E-state index in [9.17, 15) is 14.9 Å². The first-order chi connectivity index (χ1) is 9.86. The van der Waals surface area contributed by atoms with Gasteiger partial charge in [0.1, 0.15) is 0 Å². The van der Waals surface area contributed by atoms with Crippen LogP contribution in [0.15, 0.2) is 18.2 Å². The lowest BCUT2D eigenvalue weighted by Gasteiger charge is -2.35. The van der Waals surface area contributed by atoms with E-state index < -0.39 is 4.92 Å². The smallest absolute Gasteiger partial charge is 0.321 e. The van der Waals surface area contributed by atoms with E-state index in [4.69, 9.17) is 0 Å². The van der Waals surface area contributed by atoms with Crippen LogP contribution in [0.5, 0.6) is 0 Å². The number of piperidine rings is 1. The average molecular weight is 291 g/mol. The van der Waals surface area contributed by atoms with Gasteiger partial charge in [-0.25, -0.2) is 4.79 Å². The van der Waals surface area contributed by atoms with Gasteiger partial charge < -0.3 is 10.2 Å². The van der Waals surface area contributed by atoms with Gasteiger partial charge in [0.25, 0.3) is 5.69 Å². The lowest BCUT2D eigenvalue weighted by atomic mass is 9.92. The van der Waals surface area contributed by atoms with E-state index in [1.54, 1.807) is 13.0 Å². The maximum atomic E-state index is 12.3. The van der Waals surface area contributed by atoms with Gasteiger partial charge in [0, 0.05) is 30.9 Å². The lowest BCUT2D eigenvalue weighted by Crippen LogP contribution is -2.44. The summed E-state index contributed by atoms with van der Waals surface area (Å²) in [5.74, 6) is 0.995. The van der Waals surface area contributed by atoms with Crippen LogP contribution < -0.4 is 5.32 Å². The molecule has 1 saturated heterocycles. The Morgan fingerprint density at radius 1 is 1.33 bits per heavy atom. The predicted molar refractivity (Wildman–Crippen MR) is 81.4 cm³/mol. The number of nitrogens with zero attached hydrogens (tertiary/aromatic N) is 2. The van der Waals surface area contributed by atoms with Gasteiger partial charge in [-0.1, -0.05) is 13.8 Å². The molecule has 2 amide bonds. The summed E-state index contributed by atoms with van der Waals surface area (Å²) in [6.45, 7) is 7.55. The zero-order chi connectivity index (χ0) is 15.6. The molecular formula is C15H21N3O3. The second-order valence-corrected chi connectivity index (χ2v) is 6.04. The van der Waals surface area contributed by atoms with Crippen LogP contribution in [0.1, 0.15) is 25.8 Å². The van der Waals surface area contributed by atoms with Crippen LogP contribution in [0.25, 0.3) is 0 Å². The van der Waals surface area contributed by atoms with Crippen molar-refractivity contribution in [3.8, 4) is 0 Å². The van der Waals surface area contributed by atoms with Gasteiger partial charge in [-0.05, 0) is 36.8 Å². The molecule has 0 bridgehead atoms. The van der Waals surface area contributed by atoms with Crippen molar-refractivity contribution in [2.45, 2.75) is 27.2 Å². The van der Waals surface area contributed by atoms with Crippen LogP contribution in [0, 0.1) is 28.9 Å². The number of likely N-dealkylation sites (tertiary alicyclic amines) is 1. The van der Waals surface area contributed by atoms with Crippen molar-refractivity contribution in [2.24, 2.45) is 11.8 Å². The number of nitro groups is 1. The van der Waals surface area contributed by atoms with Crippen LogP contribution >= 0.6 is 0 Å². The van der Waals surface area contributed by atoms with Crippen LogP contribution in [0.4, 0.5) is 16.2 Å². The molecule has 0 unspecified atom stereocenters. The Labute approximate surface area is 124 Å². The molecule has 1 N–H and O–H groups in total. The number of amides is 2. The van der Waals surface area contributed by atoms with Crippen molar-refractivity contribution >= 4 is 17.4 Å². The summed E-state index contributed by atoms with van der Waals surface area (Å²) in [5, 5.41) is 13.6. The average Bonchev–Trinajstić information content (AvgIpc) is 2.39. The number of urea groups is 1. The number of carbonyl (C=O) groups excluding carboxylic acids is 1. The Bertz CT molecular complexity index is 549. The zero-order valence-corrected chi connectivity index (χ0v) is 12.6. The number of aryl methyl sites for hydroxylation is 1. The van der Waals surface area contributed by atoms with Crippen molar-refractivity contribution in [2.75, 3.05) is 18.4 Å². The highest BCUT2D eigenvalue weighted by Gasteiger charge is 2.25. The van der Waals surface area contributed by atoms with Gasteiger partial charge in [0.05, 0.1) is 4.92 Å². The Kier molecular flexibility index (Phi) is 4.45. The maximum Gasteiger partial charge on any atom is 0.321 e. The molecule has 6 nitrogen and oxygen atoms in total. The first-order valence-electron chi connectivity index (χ1n) is 7.17. The molecule has 114 valence electrons. The molecular weight excluding hydrogens is 270 g/mol. The first kappa shape index (κ1) is 15.3. The molecule has 1 aliphatic heterocycles. The van der Waals surface area contributed by atoms with Gasteiger partial charge in [-0.15, -0.1) is 0 Å². The molecule has 2 rings (SSSR count). The highest BCUT2D eigenvalue weighted by molar-refractivity contribution is 5.90. The minimum absolute atomic E-state index is 0.0331. The third kappa shape index (κ3) is 3.71. The third-order valence-electron chi connectivity index (χ3n) is 3.82. The number of carbonyl (C=O) groups is 1. The van der Waals surface area contributed by atoms with E-state index in [1.165, 1.54) is 12.1 Å². The minimum atomic E-state index is -0.438. The van der Waals surface area contributed by atoms with Gasteiger partial charge in [0.15, 0.2) is 0 Å². The van der Waals surface area contributed by atoms with Crippen LogP contribution in [0.2, 0.25) is 0 Å². The first-order valence-corrected chi connectivity index (χ1v) is 7.17. The fourth-order valence-corrected chi connectivity index (χ4v) is 2.92. The van der Waals surface area contributed by atoms with Crippen molar-refractivity contribution < 1.29 is 9.72 Å². The van der Waals surface area contributed by atoms with Gasteiger partial charge >= 0.3 is 6.03 Å². The van der Waals surface area contributed by atoms with Gasteiger partial charge in [-0.2, -0.15) is 0 Å². The minimum Gasteiger partial charge on any atom is -0.324 e. The second kappa shape index (κ2) is 6.11. The molecule has 21 heavy (non-hydrogen) atoms. The van der Waals surface area contributed by atoms with E-state index in [2.05, 4.69) is 19.2 Å². The SMILES string of the molecule is Cc1cc([N+](=O)[O-])ccc1NC(=O)N1C[C@@H](C)C[C@H](C)C1. The highest BCUT2D eigenvalue weighted by atomic mass is 16.6. The molecule has 0 aliphatic carbocycles. The maximum absolute atomic E-state index is 12.3. The molecule has 2 atom stereocenters. The Balaban J connectivity index is 2.07. The summed E-state index contributed by atoms with van der Waals surface area (Å²) in [4.78, 5) is 24.4. The Morgan fingerprint density at radius 3 is 2.48 bits per heavy atom. The monoisotopic (exact) mass is 291 g/mol.